The fraction of sp³-hybridized carbons (Fsp3) is 0.562. The number of rotatable bonds is 7. The Kier molecular flexibility index (Phi) is 6.40. The summed E-state index contributed by atoms with van der Waals surface area (Å²) in [5.74, 6) is 0.183. The second-order valence-corrected chi connectivity index (χ2v) is 5.11. The molecule has 0 heterocycles. The van der Waals surface area contributed by atoms with Crippen molar-refractivity contribution in [3.05, 3.63) is 29.3 Å². The first-order valence-electron chi connectivity index (χ1n) is 7.16. The summed E-state index contributed by atoms with van der Waals surface area (Å²) in [5, 5.41) is 3.23. The van der Waals surface area contributed by atoms with Gasteiger partial charge in [-0.05, 0) is 49.9 Å². The summed E-state index contributed by atoms with van der Waals surface area (Å²) < 4.78 is 0. The Bertz CT molecular complexity index is 389. The van der Waals surface area contributed by atoms with Gasteiger partial charge in [-0.3, -0.25) is 4.79 Å². The van der Waals surface area contributed by atoms with Gasteiger partial charge in [0.15, 0.2) is 0 Å². The van der Waals surface area contributed by atoms with Crippen molar-refractivity contribution in [3.63, 3.8) is 0 Å². The molecule has 0 saturated heterocycles. The Hall–Kier alpha value is -1.51. The number of aryl methyl sites for hydroxylation is 2. The molecular formula is C16H26N2O. The minimum atomic E-state index is 0.183. The van der Waals surface area contributed by atoms with Crippen LogP contribution < -0.4 is 5.32 Å². The number of hydrogen-bond acceptors (Lipinski definition) is 2. The van der Waals surface area contributed by atoms with Gasteiger partial charge in [0.25, 0.3) is 0 Å². The molecule has 19 heavy (non-hydrogen) atoms. The van der Waals surface area contributed by atoms with Crippen molar-refractivity contribution in [2.75, 3.05) is 25.0 Å². The number of carbonyl (C=O) groups excluding carboxylic acids is 1. The Balaban J connectivity index is 2.56. The SMILES string of the molecule is CCCN(CCC)C(=O)CNc1cc(C)cc(C)c1. The van der Waals surface area contributed by atoms with Crippen molar-refractivity contribution in [2.24, 2.45) is 0 Å². The van der Waals surface area contributed by atoms with E-state index in [0.29, 0.717) is 6.54 Å². The molecule has 0 aliphatic carbocycles. The smallest absolute Gasteiger partial charge is 0.241 e. The topological polar surface area (TPSA) is 32.3 Å². The van der Waals surface area contributed by atoms with Crippen LogP contribution in [0, 0.1) is 13.8 Å². The van der Waals surface area contributed by atoms with E-state index in [9.17, 15) is 4.79 Å². The molecule has 106 valence electrons. The summed E-state index contributed by atoms with van der Waals surface area (Å²) in [6.45, 7) is 10.4. The van der Waals surface area contributed by atoms with Gasteiger partial charge in [-0.15, -0.1) is 0 Å². The van der Waals surface area contributed by atoms with E-state index in [-0.39, 0.29) is 5.91 Å². The third-order valence-electron chi connectivity index (χ3n) is 3.01. The predicted molar refractivity (Wildman–Crippen MR) is 81.6 cm³/mol. The Labute approximate surface area is 117 Å². The van der Waals surface area contributed by atoms with E-state index in [0.717, 1.165) is 31.6 Å². The van der Waals surface area contributed by atoms with Gasteiger partial charge >= 0.3 is 0 Å². The highest BCUT2D eigenvalue weighted by atomic mass is 16.2. The molecule has 0 fully saturated rings. The highest BCUT2D eigenvalue weighted by Gasteiger charge is 2.11. The van der Waals surface area contributed by atoms with Crippen LogP contribution in [0.5, 0.6) is 0 Å². The van der Waals surface area contributed by atoms with Gasteiger partial charge in [0.05, 0.1) is 6.54 Å². The third kappa shape index (κ3) is 5.33. The first-order chi connectivity index (χ1) is 9.06. The number of benzene rings is 1. The highest BCUT2D eigenvalue weighted by Crippen LogP contribution is 2.13. The number of hydrogen-bond donors (Lipinski definition) is 1. The summed E-state index contributed by atoms with van der Waals surface area (Å²) >= 11 is 0. The van der Waals surface area contributed by atoms with Gasteiger partial charge in [-0.25, -0.2) is 0 Å². The van der Waals surface area contributed by atoms with Crippen LogP contribution in [0.3, 0.4) is 0 Å². The normalized spacial score (nSPS) is 10.3. The molecule has 0 bridgehead atoms. The molecule has 0 saturated carbocycles. The van der Waals surface area contributed by atoms with Gasteiger partial charge in [0, 0.05) is 18.8 Å². The van der Waals surface area contributed by atoms with Crippen molar-refractivity contribution in [2.45, 2.75) is 40.5 Å². The first kappa shape index (κ1) is 15.5. The fourth-order valence-corrected chi connectivity index (χ4v) is 2.27. The standard InChI is InChI=1S/C16H26N2O/c1-5-7-18(8-6-2)16(19)12-17-15-10-13(3)9-14(4)11-15/h9-11,17H,5-8,12H2,1-4H3. The molecule has 1 rings (SSSR count). The summed E-state index contributed by atoms with van der Waals surface area (Å²) in [4.78, 5) is 14.1. The monoisotopic (exact) mass is 262 g/mol. The lowest BCUT2D eigenvalue weighted by atomic mass is 10.1. The molecule has 3 nitrogen and oxygen atoms in total. The van der Waals surface area contributed by atoms with E-state index in [2.05, 4.69) is 51.2 Å². The van der Waals surface area contributed by atoms with E-state index in [4.69, 9.17) is 0 Å². The van der Waals surface area contributed by atoms with E-state index in [1.807, 2.05) is 4.90 Å². The number of carbonyl (C=O) groups is 1. The third-order valence-corrected chi connectivity index (χ3v) is 3.01. The van der Waals surface area contributed by atoms with E-state index >= 15 is 0 Å². The lowest BCUT2D eigenvalue weighted by Gasteiger charge is -2.22. The molecule has 1 N–H and O–H groups in total. The molecule has 1 aromatic rings. The van der Waals surface area contributed by atoms with Crippen molar-refractivity contribution in [1.82, 2.24) is 4.90 Å². The minimum absolute atomic E-state index is 0.183. The van der Waals surface area contributed by atoms with E-state index in [1.165, 1.54) is 11.1 Å². The van der Waals surface area contributed by atoms with Crippen LogP contribution >= 0.6 is 0 Å². The summed E-state index contributed by atoms with van der Waals surface area (Å²) in [7, 11) is 0. The molecule has 0 aliphatic rings. The van der Waals surface area contributed by atoms with E-state index < -0.39 is 0 Å². The van der Waals surface area contributed by atoms with Crippen molar-refractivity contribution < 1.29 is 4.79 Å². The summed E-state index contributed by atoms with van der Waals surface area (Å²) in [6.07, 6.45) is 2.02. The number of nitrogens with one attached hydrogen (secondary N) is 1. The maximum atomic E-state index is 12.1. The van der Waals surface area contributed by atoms with Crippen LogP contribution in [0.4, 0.5) is 5.69 Å². The predicted octanol–water partition coefficient (Wildman–Crippen LogP) is 3.36. The molecular weight excluding hydrogens is 236 g/mol. The molecule has 0 spiro atoms. The van der Waals surface area contributed by atoms with Crippen molar-refractivity contribution in [1.29, 1.82) is 0 Å². The Morgan fingerprint density at radius 1 is 1.05 bits per heavy atom. The largest absolute Gasteiger partial charge is 0.376 e. The molecule has 3 heteroatoms. The number of amides is 1. The summed E-state index contributed by atoms with van der Waals surface area (Å²) in [5.41, 5.74) is 3.46. The highest BCUT2D eigenvalue weighted by molar-refractivity contribution is 5.80. The van der Waals surface area contributed by atoms with Gasteiger partial charge in [-0.1, -0.05) is 19.9 Å². The second-order valence-electron chi connectivity index (χ2n) is 5.11. The Morgan fingerprint density at radius 2 is 1.58 bits per heavy atom. The molecule has 1 aromatic carbocycles. The molecule has 0 unspecified atom stereocenters. The number of anilines is 1. The van der Waals surface area contributed by atoms with Crippen molar-refractivity contribution >= 4 is 11.6 Å². The van der Waals surface area contributed by atoms with Gasteiger partial charge < -0.3 is 10.2 Å². The molecule has 0 aliphatic heterocycles. The average molecular weight is 262 g/mol. The maximum Gasteiger partial charge on any atom is 0.241 e. The average Bonchev–Trinajstić information content (AvgIpc) is 2.34. The summed E-state index contributed by atoms with van der Waals surface area (Å²) in [6, 6.07) is 6.28. The Morgan fingerprint density at radius 3 is 2.05 bits per heavy atom. The molecule has 0 radical (unpaired) electrons. The quantitative estimate of drug-likeness (QED) is 0.817. The molecule has 1 amide bonds. The van der Waals surface area contributed by atoms with Gasteiger partial charge in [0.2, 0.25) is 5.91 Å². The van der Waals surface area contributed by atoms with Crippen LogP contribution in [-0.4, -0.2) is 30.4 Å². The van der Waals surface area contributed by atoms with Crippen LogP contribution in [0.15, 0.2) is 18.2 Å². The molecule has 0 aromatic heterocycles. The zero-order valence-electron chi connectivity index (χ0n) is 12.6. The van der Waals surface area contributed by atoms with Gasteiger partial charge in [-0.2, -0.15) is 0 Å². The van der Waals surface area contributed by atoms with Crippen LogP contribution in [0.1, 0.15) is 37.8 Å². The lowest BCUT2D eigenvalue weighted by molar-refractivity contribution is -0.129. The lowest BCUT2D eigenvalue weighted by Crippen LogP contribution is -2.36. The zero-order chi connectivity index (χ0) is 14.3. The van der Waals surface area contributed by atoms with E-state index in [1.54, 1.807) is 0 Å². The number of nitrogens with zero attached hydrogens (tertiary/aromatic N) is 1. The first-order valence-corrected chi connectivity index (χ1v) is 7.16. The zero-order valence-corrected chi connectivity index (χ0v) is 12.6. The van der Waals surface area contributed by atoms with Crippen LogP contribution in [-0.2, 0) is 4.79 Å². The second kappa shape index (κ2) is 7.82. The van der Waals surface area contributed by atoms with Crippen LogP contribution in [0.2, 0.25) is 0 Å². The maximum absolute atomic E-state index is 12.1. The van der Waals surface area contributed by atoms with Crippen molar-refractivity contribution in [3.8, 4) is 0 Å². The fourth-order valence-electron chi connectivity index (χ4n) is 2.27. The van der Waals surface area contributed by atoms with Crippen LogP contribution in [0.25, 0.3) is 0 Å². The molecule has 0 atom stereocenters. The minimum Gasteiger partial charge on any atom is -0.376 e. The van der Waals surface area contributed by atoms with Gasteiger partial charge in [0.1, 0.15) is 0 Å².